The van der Waals surface area contributed by atoms with Crippen LogP contribution >= 0.6 is 22.9 Å². The Bertz CT molecular complexity index is 1200. The molecule has 0 N–H and O–H groups in total. The van der Waals surface area contributed by atoms with Crippen LogP contribution in [0.2, 0.25) is 5.02 Å². The summed E-state index contributed by atoms with van der Waals surface area (Å²) in [6.07, 6.45) is 6.78. The lowest BCUT2D eigenvalue weighted by Gasteiger charge is -2.38. The van der Waals surface area contributed by atoms with Crippen LogP contribution in [0.1, 0.15) is 38.7 Å². The first-order chi connectivity index (χ1) is 15.3. The average molecular weight is 507 g/mol. The van der Waals surface area contributed by atoms with Crippen molar-refractivity contribution in [2.75, 3.05) is 18.6 Å². The SMILES string of the molecule is C.CS(=O)(=O)CC1C[C@H]2CC[C@@H](C1)N2CCc1ccc(Oc2nc3c(Cl)cccc3s2)cc1. The predicted octanol–water partition coefficient (Wildman–Crippen LogP) is 6.21. The Kier molecular flexibility index (Phi) is 7.34. The molecule has 33 heavy (non-hydrogen) atoms. The third-order valence-electron chi connectivity index (χ3n) is 6.66. The van der Waals surface area contributed by atoms with Gasteiger partial charge in [-0.2, -0.15) is 0 Å². The van der Waals surface area contributed by atoms with Gasteiger partial charge in [0.25, 0.3) is 5.19 Å². The Balaban J connectivity index is 0.00000259. The topological polar surface area (TPSA) is 59.5 Å². The maximum atomic E-state index is 11.7. The molecule has 1 unspecified atom stereocenters. The minimum atomic E-state index is -2.89. The van der Waals surface area contributed by atoms with E-state index in [0.29, 0.717) is 34.0 Å². The zero-order valence-corrected chi connectivity index (χ0v) is 20.4. The number of fused-ring (bicyclic) bond motifs is 3. The average Bonchev–Trinajstić information content (AvgIpc) is 3.25. The largest absolute Gasteiger partial charge is 0.431 e. The summed E-state index contributed by atoms with van der Waals surface area (Å²) in [5.74, 6) is 1.44. The second-order valence-corrected chi connectivity index (χ2v) is 12.7. The van der Waals surface area contributed by atoms with Gasteiger partial charge in [0.2, 0.25) is 0 Å². The molecular formula is C25H31ClN2O3S2. The van der Waals surface area contributed by atoms with Crippen molar-refractivity contribution in [3.8, 4) is 10.9 Å². The standard InChI is InChI=1S/C24H27ClN2O3S2.CH4/c1-32(28,29)15-17-13-18-7-8-19(14-17)27(18)12-11-16-5-9-20(10-6-16)30-24-26-23-21(25)3-2-4-22(23)31-24;/h2-6,9-10,17-19H,7-8,11-15H2,1H3;1H4/t17?,18-,19+;. The quantitative estimate of drug-likeness (QED) is 0.381. The number of aromatic nitrogens is 1. The van der Waals surface area contributed by atoms with Gasteiger partial charge in [-0.15, -0.1) is 0 Å². The molecule has 0 amide bonds. The molecule has 0 aliphatic carbocycles. The van der Waals surface area contributed by atoms with Crippen molar-refractivity contribution in [2.45, 2.75) is 51.6 Å². The lowest BCUT2D eigenvalue weighted by atomic mass is 9.92. The second-order valence-electron chi connectivity index (χ2n) is 9.12. The Morgan fingerprint density at radius 3 is 2.45 bits per heavy atom. The van der Waals surface area contributed by atoms with Crippen LogP contribution in [0, 0.1) is 5.92 Å². The van der Waals surface area contributed by atoms with E-state index in [1.165, 1.54) is 36.0 Å². The summed E-state index contributed by atoms with van der Waals surface area (Å²) < 4.78 is 30.4. The molecule has 0 saturated carbocycles. The van der Waals surface area contributed by atoms with Gasteiger partial charge in [-0.1, -0.05) is 48.6 Å². The van der Waals surface area contributed by atoms with Crippen LogP contribution < -0.4 is 4.74 Å². The van der Waals surface area contributed by atoms with E-state index in [2.05, 4.69) is 22.0 Å². The first kappa shape index (κ1) is 24.5. The van der Waals surface area contributed by atoms with E-state index in [1.807, 2.05) is 30.3 Å². The van der Waals surface area contributed by atoms with Crippen LogP contribution in [0.15, 0.2) is 42.5 Å². The van der Waals surface area contributed by atoms with E-state index >= 15 is 0 Å². The molecule has 0 radical (unpaired) electrons. The molecule has 2 saturated heterocycles. The number of nitrogens with zero attached hydrogens (tertiary/aromatic N) is 2. The van der Waals surface area contributed by atoms with Crippen LogP contribution in [0.5, 0.6) is 10.9 Å². The van der Waals surface area contributed by atoms with E-state index < -0.39 is 9.84 Å². The van der Waals surface area contributed by atoms with Crippen molar-refractivity contribution in [2.24, 2.45) is 5.92 Å². The van der Waals surface area contributed by atoms with Crippen LogP contribution in [0.4, 0.5) is 0 Å². The minimum absolute atomic E-state index is 0. The van der Waals surface area contributed by atoms with Crippen LogP contribution in [0.25, 0.3) is 10.2 Å². The normalized spacial score (nSPS) is 22.9. The highest BCUT2D eigenvalue weighted by atomic mass is 35.5. The van der Waals surface area contributed by atoms with Crippen molar-refractivity contribution >= 4 is 43.0 Å². The zero-order valence-electron chi connectivity index (χ0n) is 18.0. The molecule has 3 aromatic rings. The summed E-state index contributed by atoms with van der Waals surface area (Å²) in [7, 11) is -2.89. The van der Waals surface area contributed by atoms with Crippen molar-refractivity contribution in [3.63, 3.8) is 0 Å². The number of piperidine rings is 1. The van der Waals surface area contributed by atoms with Gasteiger partial charge in [-0.05, 0) is 67.9 Å². The summed E-state index contributed by atoms with van der Waals surface area (Å²) in [6.45, 7) is 1.03. The molecular weight excluding hydrogens is 476 g/mol. The number of halogens is 1. The van der Waals surface area contributed by atoms with Gasteiger partial charge in [0, 0.05) is 24.9 Å². The van der Waals surface area contributed by atoms with Crippen molar-refractivity contribution < 1.29 is 13.2 Å². The van der Waals surface area contributed by atoms with Crippen molar-refractivity contribution in [1.29, 1.82) is 0 Å². The summed E-state index contributed by atoms with van der Waals surface area (Å²) in [4.78, 5) is 7.12. The Morgan fingerprint density at radius 2 is 1.82 bits per heavy atom. The molecule has 8 heteroatoms. The molecule has 2 aromatic carbocycles. The van der Waals surface area contributed by atoms with Crippen molar-refractivity contribution in [3.05, 3.63) is 53.1 Å². The number of sulfone groups is 1. The molecule has 5 rings (SSSR count). The number of hydrogen-bond donors (Lipinski definition) is 0. The maximum absolute atomic E-state index is 11.7. The Labute approximate surface area is 205 Å². The summed E-state index contributed by atoms with van der Waals surface area (Å²) in [5.41, 5.74) is 2.06. The highest BCUT2D eigenvalue weighted by Gasteiger charge is 2.40. The number of rotatable bonds is 7. The molecule has 3 atom stereocenters. The maximum Gasteiger partial charge on any atom is 0.279 e. The number of benzene rings is 2. The lowest BCUT2D eigenvalue weighted by molar-refractivity contribution is 0.112. The Morgan fingerprint density at radius 1 is 1.12 bits per heavy atom. The van der Waals surface area contributed by atoms with Gasteiger partial charge < -0.3 is 4.74 Å². The monoisotopic (exact) mass is 506 g/mol. The fourth-order valence-corrected chi connectivity index (χ4v) is 7.60. The number of thiazole rings is 1. The molecule has 0 spiro atoms. The van der Waals surface area contributed by atoms with Gasteiger partial charge >= 0.3 is 0 Å². The van der Waals surface area contributed by atoms with Crippen LogP contribution in [0.3, 0.4) is 0 Å². The van der Waals surface area contributed by atoms with E-state index in [9.17, 15) is 8.42 Å². The van der Waals surface area contributed by atoms with Gasteiger partial charge in [0.1, 0.15) is 21.1 Å². The number of ether oxygens (including phenoxy) is 1. The molecule has 2 aliphatic heterocycles. The van der Waals surface area contributed by atoms with Gasteiger partial charge in [0.15, 0.2) is 0 Å². The predicted molar refractivity (Wildman–Crippen MR) is 138 cm³/mol. The second kappa shape index (κ2) is 9.90. The molecule has 2 aliphatic rings. The van der Waals surface area contributed by atoms with E-state index in [1.54, 1.807) is 0 Å². The lowest BCUT2D eigenvalue weighted by Crippen LogP contribution is -2.45. The molecule has 5 nitrogen and oxygen atoms in total. The minimum Gasteiger partial charge on any atom is -0.431 e. The van der Waals surface area contributed by atoms with Crippen LogP contribution in [-0.4, -0.2) is 48.9 Å². The zero-order chi connectivity index (χ0) is 22.3. The molecule has 3 heterocycles. The first-order valence-corrected chi connectivity index (χ1v) is 14.3. The van der Waals surface area contributed by atoms with Gasteiger partial charge in [-0.3, -0.25) is 4.90 Å². The fourth-order valence-electron chi connectivity index (χ4n) is 5.34. The molecule has 2 fully saturated rings. The summed E-state index contributed by atoms with van der Waals surface area (Å²) in [5, 5.41) is 1.23. The number of hydrogen-bond acceptors (Lipinski definition) is 6. The van der Waals surface area contributed by atoms with Crippen molar-refractivity contribution in [1.82, 2.24) is 9.88 Å². The Hall–Kier alpha value is -1.67. The van der Waals surface area contributed by atoms with E-state index in [4.69, 9.17) is 16.3 Å². The van der Waals surface area contributed by atoms with Gasteiger partial charge in [0.05, 0.1) is 15.5 Å². The third kappa shape index (κ3) is 5.70. The van der Waals surface area contributed by atoms with Gasteiger partial charge in [-0.25, -0.2) is 13.4 Å². The first-order valence-electron chi connectivity index (χ1n) is 11.1. The molecule has 178 valence electrons. The fraction of sp³-hybridized carbons (Fsp3) is 0.480. The molecule has 2 bridgehead atoms. The number of para-hydroxylation sites is 1. The van der Waals surface area contributed by atoms with Crippen LogP contribution in [-0.2, 0) is 16.3 Å². The third-order valence-corrected chi connectivity index (χ3v) is 8.94. The van der Waals surface area contributed by atoms with E-state index in [0.717, 1.165) is 41.8 Å². The highest BCUT2D eigenvalue weighted by molar-refractivity contribution is 7.90. The van der Waals surface area contributed by atoms with E-state index in [-0.39, 0.29) is 7.43 Å². The smallest absolute Gasteiger partial charge is 0.279 e. The highest BCUT2D eigenvalue weighted by Crippen LogP contribution is 2.39. The molecule has 1 aromatic heterocycles. The summed E-state index contributed by atoms with van der Waals surface area (Å²) >= 11 is 7.70. The summed E-state index contributed by atoms with van der Waals surface area (Å²) in [6, 6.07) is 15.0.